The van der Waals surface area contributed by atoms with Crippen LogP contribution in [-0.4, -0.2) is 54.2 Å². The molecule has 1 aromatic carbocycles. The van der Waals surface area contributed by atoms with Crippen LogP contribution in [0.5, 0.6) is 0 Å². The van der Waals surface area contributed by atoms with E-state index in [1.807, 2.05) is 30.3 Å². The molecule has 1 saturated carbocycles. The lowest BCUT2D eigenvalue weighted by Crippen LogP contribution is -2.50. The van der Waals surface area contributed by atoms with E-state index in [-0.39, 0.29) is 44.0 Å². The van der Waals surface area contributed by atoms with E-state index in [1.54, 1.807) is 4.90 Å². The topological polar surface area (TPSA) is 109 Å². The third kappa shape index (κ3) is 4.62. The van der Waals surface area contributed by atoms with E-state index in [1.165, 1.54) is 4.31 Å². The number of carbonyl (C=O) groups excluding carboxylic acids is 1. The molecule has 5 rings (SSSR count). The van der Waals surface area contributed by atoms with Crippen LogP contribution in [0.25, 0.3) is 0 Å². The van der Waals surface area contributed by atoms with Crippen molar-refractivity contribution in [1.29, 1.82) is 0 Å². The summed E-state index contributed by atoms with van der Waals surface area (Å²) in [5, 5.41) is 0. The summed E-state index contributed by atoms with van der Waals surface area (Å²) >= 11 is 0. The lowest BCUT2D eigenvalue weighted by atomic mass is 9.78. The quantitative estimate of drug-likeness (QED) is 0.624. The Morgan fingerprint density at radius 3 is 2.72 bits per heavy atom. The molecule has 3 atom stereocenters. The molecule has 194 valence electrons. The summed E-state index contributed by atoms with van der Waals surface area (Å²) in [6.45, 7) is 0.620. The second-order valence-electron chi connectivity index (χ2n) is 9.96. The smallest absolute Gasteiger partial charge is 0.337 e. The lowest BCUT2D eigenvalue weighted by Gasteiger charge is -2.37. The van der Waals surface area contributed by atoms with Crippen LogP contribution in [0.3, 0.4) is 0 Å². The van der Waals surface area contributed by atoms with Gasteiger partial charge in [-0.3, -0.25) is 9.78 Å². The molecule has 12 heteroatoms. The number of benzene rings is 1. The standard InChI is InChI=1S/C24H28F3N5O3S/c25-24(26,27)18-8-17-13-31(7-6-21(17)29-12-18)22(33)23-10-20(28)9-19(23)14-32(15-23)36(34,35)30-11-16-4-2-1-3-5-16/h1-5,8,12,19-20,30H,6-7,9-11,13-15,28H2/t19-,20+,23-/m0/s1. The van der Waals surface area contributed by atoms with Gasteiger partial charge in [0.2, 0.25) is 5.91 Å². The van der Waals surface area contributed by atoms with Gasteiger partial charge in [0.05, 0.1) is 11.0 Å². The van der Waals surface area contributed by atoms with Gasteiger partial charge in [-0.15, -0.1) is 0 Å². The van der Waals surface area contributed by atoms with Gasteiger partial charge in [-0.25, -0.2) is 0 Å². The van der Waals surface area contributed by atoms with E-state index in [2.05, 4.69) is 9.71 Å². The van der Waals surface area contributed by atoms with Crippen LogP contribution in [0.1, 0.15) is 35.2 Å². The van der Waals surface area contributed by atoms with Crippen molar-refractivity contribution in [3.05, 3.63) is 65.0 Å². The number of nitrogens with one attached hydrogen (secondary N) is 1. The van der Waals surface area contributed by atoms with Crippen LogP contribution in [0, 0.1) is 11.3 Å². The first-order valence-electron chi connectivity index (χ1n) is 11.9. The molecule has 2 aliphatic heterocycles. The predicted octanol–water partition coefficient (Wildman–Crippen LogP) is 2.06. The van der Waals surface area contributed by atoms with Gasteiger partial charge in [-0.1, -0.05) is 30.3 Å². The second kappa shape index (κ2) is 9.09. The first kappa shape index (κ1) is 25.1. The number of rotatable bonds is 5. The number of amides is 1. The molecule has 2 fully saturated rings. The minimum absolute atomic E-state index is 0.00147. The molecule has 0 spiro atoms. The van der Waals surface area contributed by atoms with Crippen molar-refractivity contribution in [3.63, 3.8) is 0 Å². The van der Waals surface area contributed by atoms with Crippen molar-refractivity contribution in [3.8, 4) is 0 Å². The Morgan fingerprint density at radius 1 is 1.25 bits per heavy atom. The molecule has 8 nitrogen and oxygen atoms in total. The van der Waals surface area contributed by atoms with Crippen LogP contribution in [0.2, 0.25) is 0 Å². The zero-order valence-corrected chi connectivity index (χ0v) is 20.4. The van der Waals surface area contributed by atoms with E-state index in [0.29, 0.717) is 37.1 Å². The first-order chi connectivity index (χ1) is 17.0. The molecular formula is C24H28F3N5O3S. The Kier molecular flexibility index (Phi) is 6.34. The summed E-state index contributed by atoms with van der Waals surface area (Å²) in [5.74, 6) is -0.501. The number of hydrogen-bond acceptors (Lipinski definition) is 5. The molecule has 0 bridgehead atoms. The molecule has 3 aliphatic rings. The van der Waals surface area contributed by atoms with Crippen LogP contribution in [-0.2, 0) is 40.7 Å². The third-order valence-electron chi connectivity index (χ3n) is 7.60. The zero-order chi connectivity index (χ0) is 25.7. The van der Waals surface area contributed by atoms with Crippen LogP contribution in [0.4, 0.5) is 13.2 Å². The summed E-state index contributed by atoms with van der Waals surface area (Å²) in [6, 6.07) is 9.94. The predicted molar refractivity (Wildman–Crippen MR) is 125 cm³/mol. The lowest BCUT2D eigenvalue weighted by molar-refractivity contribution is -0.143. The highest BCUT2D eigenvalue weighted by molar-refractivity contribution is 7.87. The maximum Gasteiger partial charge on any atom is 0.417 e. The van der Waals surface area contributed by atoms with Crippen molar-refractivity contribution in [2.45, 2.75) is 44.6 Å². The van der Waals surface area contributed by atoms with Gasteiger partial charge in [0.1, 0.15) is 0 Å². The number of aromatic nitrogens is 1. The summed E-state index contributed by atoms with van der Waals surface area (Å²) in [5.41, 5.74) is 6.10. The average molecular weight is 524 g/mol. The van der Waals surface area contributed by atoms with E-state index in [0.717, 1.165) is 17.8 Å². The summed E-state index contributed by atoms with van der Waals surface area (Å²) in [7, 11) is -3.85. The largest absolute Gasteiger partial charge is 0.417 e. The van der Waals surface area contributed by atoms with Gasteiger partial charge < -0.3 is 10.6 Å². The Bertz CT molecular complexity index is 1260. The van der Waals surface area contributed by atoms with E-state index in [4.69, 9.17) is 5.73 Å². The number of halogens is 3. The highest BCUT2D eigenvalue weighted by Crippen LogP contribution is 2.50. The first-order valence-corrected chi connectivity index (χ1v) is 13.3. The van der Waals surface area contributed by atoms with Crippen molar-refractivity contribution < 1.29 is 26.4 Å². The van der Waals surface area contributed by atoms with Gasteiger partial charge in [0.15, 0.2) is 0 Å². The Morgan fingerprint density at radius 2 is 2.00 bits per heavy atom. The number of pyridine rings is 1. The maximum absolute atomic E-state index is 13.9. The number of carbonyl (C=O) groups is 1. The number of nitrogens with zero attached hydrogens (tertiary/aromatic N) is 3. The molecule has 36 heavy (non-hydrogen) atoms. The number of hydrogen-bond donors (Lipinski definition) is 2. The molecular weight excluding hydrogens is 495 g/mol. The highest BCUT2D eigenvalue weighted by Gasteiger charge is 2.60. The molecule has 1 aromatic heterocycles. The molecule has 3 N–H and O–H groups in total. The molecule has 1 saturated heterocycles. The number of fused-ring (bicyclic) bond motifs is 2. The normalized spacial score (nSPS) is 26.6. The fourth-order valence-electron chi connectivity index (χ4n) is 5.82. The van der Waals surface area contributed by atoms with Crippen molar-refractivity contribution in [2.24, 2.45) is 17.1 Å². The Labute approximate surface area is 207 Å². The number of nitrogens with two attached hydrogens (primary N) is 1. The molecule has 1 amide bonds. The molecule has 1 aliphatic carbocycles. The van der Waals surface area contributed by atoms with Crippen LogP contribution in [0.15, 0.2) is 42.6 Å². The molecule has 0 unspecified atom stereocenters. The zero-order valence-electron chi connectivity index (χ0n) is 19.5. The maximum atomic E-state index is 13.9. The summed E-state index contributed by atoms with van der Waals surface area (Å²) in [4.78, 5) is 19.4. The van der Waals surface area contributed by atoms with Crippen molar-refractivity contribution in [2.75, 3.05) is 19.6 Å². The minimum Gasteiger partial charge on any atom is -0.337 e. The Balaban J connectivity index is 1.35. The molecule has 0 radical (unpaired) electrons. The second-order valence-corrected chi connectivity index (χ2v) is 11.7. The minimum atomic E-state index is -4.52. The fourth-order valence-corrected chi connectivity index (χ4v) is 7.13. The van der Waals surface area contributed by atoms with Gasteiger partial charge >= 0.3 is 6.18 Å². The van der Waals surface area contributed by atoms with E-state index in [9.17, 15) is 26.4 Å². The van der Waals surface area contributed by atoms with Crippen LogP contribution < -0.4 is 10.5 Å². The van der Waals surface area contributed by atoms with E-state index < -0.39 is 27.4 Å². The monoisotopic (exact) mass is 523 g/mol. The van der Waals surface area contributed by atoms with Crippen molar-refractivity contribution >= 4 is 16.1 Å². The fraction of sp³-hybridized carbons (Fsp3) is 0.500. The van der Waals surface area contributed by atoms with Gasteiger partial charge in [-0.2, -0.15) is 30.6 Å². The SMILES string of the molecule is N[C@@H]1C[C@H]2CN(S(=O)(=O)NCc3ccccc3)C[C@@]2(C(=O)N2CCc3ncc(C(F)(F)F)cc3C2)C1. The van der Waals surface area contributed by atoms with Gasteiger partial charge in [0, 0.05) is 57.1 Å². The Hall–Kier alpha value is -2.54. The van der Waals surface area contributed by atoms with Crippen LogP contribution >= 0.6 is 0 Å². The highest BCUT2D eigenvalue weighted by atomic mass is 32.2. The van der Waals surface area contributed by atoms with Gasteiger partial charge in [0.25, 0.3) is 10.2 Å². The molecule has 2 aromatic rings. The van der Waals surface area contributed by atoms with Gasteiger partial charge in [-0.05, 0) is 36.0 Å². The van der Waals surface area contributed by atoms with Crippen molar-refractivity contribution in [1.82, 2.24) is 18.9 Å². The third-order valence-corrected chi connectivity index (χ3v) is 9.07. The molecule has 3 heterocycles. The van der Waals surface area contributed by atoms with E-state index >= 15 is 0 Å². The summed E-state index contributed by atoms with van der Waals surface area (Å²) in [6.07, 6.45) is -2.51. The summed E-state index contributed by atoms with van der Waals surface area (Å²) < 4.78 is 69.7. The average Bonchev–Trinajstić information content (AvgIpc) is 3.36. The number of alkyl halides is 3.